The minimum atomic E-state index is -1.21. The van der Waals surface area contributed by atoms with E-state index >= 15 is 0 Å². The molecule has 2 atom stereocenters. The van der Waals surface area contributed by atoms with Crippen molar-refractivity contribution in [3.05, 3.63) is 0 Å². The van der Waals surface area contributed by atoms with Crippen LogP contribution in [0.3, 0.4) is 0 Å². The number of carbonyl (C=O) groups excluding carboxylic acids is 1. The molecule has 60 valence electrons. The summed E-state index contributed by atoms with van der Waals surface area (Å²) in [4.78, 5) is 10.0. The molecule has 0 rings (SSSR count). The van der Waals surface area contributed by atoms with Crippen LogP contribution < -0.4 is 10.8 Å². The van der Waals surface area contributed by atoms with Crippen molar-refractivity contribution < 1.29 is 9.90 Å². The zero-order chi connectivity index (χ0) is 8.15. The third-order valence-corrected chi connectivity index (χ3v) is 2.27. The van der Waals surface area contributed by atoms with Crippen LogP contribution in [0.15, 0.2) is 0 Å². The fourth-order valence-electron chi connectivity index (χ4n) is 0.407. The summed E-state index contributed by atoms with van der Waals surface area (Å²) >= 11 is 0. The summed E-state index contributed by atoms with van der Waals surface area (Å²) in [6.45, 7) is 0. The average molecular weight is 184 g/mol. The summed E-state index contributed by atoms with van der Waals surface area (Å²) in [5, 5.41) is 10.0. The molecule has 0 saturated heterocycles. The smallest absolute Gasteiger partial charge is 0.175 e. The SMILES string of the molecule is C[S+](Cl)CCC(N)C(=O)[O-]. The molecule has 0 amide bonds. The highest BCUT2D eigenvalue weighted by atomic mass is 35.7. The molecule has 2 N–H and O–H groups in total. The van der Waals surface area contributed by atoms with Gasteiger partial charge in [0.1, 0.15) is 12.0 Å². The fraction of sp³-hybridized carbons (Fsp3) is 0.800. The summed E-state index contributed by atoms with van der Waals surface area (Å²) in [7, 11) is 5.33. The van der Waals surface area contributed by atoms with Gasteiger partial charge in [0, 0.05) is 12.5 Å². The highest BCUT2D eigenvalue weighted by Crippen LogP contribution is 2.00. The maximum absolute atomic E-state index is 10.0. The molecule has 0 aliphatic rings. The minimum Gasteiger partial charge on any atom is -0.548 e. The molecule has 0 fully saturated rings. The van der Waals surface area contributed by atoms with E-state index in [1.165, 1.54) is 0 Å². The second-order valence-corrected chi connectivity index (χ2v) is 5.06. The van der Waals surface area contributed by atoms with E-state index in [0.29, 0.717) is 12.2 Å². The molecule has 0 saturated carbocycles. The van der Waals surface area contributed by atoms with Gasteiger partial charge in [-0.3, -0.25) is 0 Å². The number of carboxylic acids is 1. The summed E-state index contributed by atoms with van der Waals surface area (Å²) in [5.74, 6) is -0.571. The largest absolute Gasteiger partial charge is 0.548 e. The first-order chi connectivity index (χ1) is 4.54. The summed E-state index contributed by atoms with van der Waals surface area (Å²) in [6, 6.07) is -0.867. The Morgan fingerprint density at radius 2 is 2.40 bits per heavy atom. The van der Waals surface area contributed by atoms with E-state index in [-0.39, 0.29) is 10.1 Å². The molecule has 2 unspecified atom stereocenters. The molecule has 0 radical (unpaired) electrons. The van der Waals surface area contributed by atoms with Gasteiger partial charge in [0.25, 0.3) is 0 Å². The number of hydrogen-bond donors (Lipinski definition) is 1. The van der Waals surface area contributed by atoms with Crippen LogP contribution >= 0.6 is 10.7 Å². The molecule has 0 heterocycles. The summed E-state index contributed by atoms with van der Waals surface area (Å²) in [5.41, 5.74) is 5.15. The molecular formula is C5H10ClNO2S. The fourth-order valence-corrected chi connectivity index (χ4v) is 1.25. The molecule has 0 aliphatic heterocycles. The maximum atomic E-state index is 10.0. The summed E-state index contributed by atoms with van der Waals surface area (Å²) in [6.07, 6.45) is 2.22. The first-order valence-electron chi connectivity index (χ1n) is 2.79. The van der Waals surface area contributed by atoms with E-state index in [9.17, 15) is 9.90 Å². The van der Waals surface area contributed by atoms with Gasteiger partial charge in [-0.1, -0.05) is 0 Å². The van der Waals surface area contributed by atoms with Gasteiger partial charge in [-0.15, -0.1) is 0 Å². The van der Waals surface area contributed by atoms with Crippen LogP contribution in [0.25, 0.3) is 0 Å². The highest BCUT2D eigenvalue weighted by Gasteiger charge is 2.11. The van der Waals surface area contributed by atoms with Crippen LogP contribution in [-0.4, -0.2) is 24.0 Å². The lowest BCUT2D eigenvalue weighted by molar-refractivity contribution is -0.307. The first kappa shape index (κ1) is 10.1. The van der Waals surface area contributed by atoms with Gasteiger partial charge in [0.2, 0.25) is 0 Å². The molecule has 0 aromatic rings. The number of rotatable bonds is 4. The van der Waals surface area contributed by atoms with Crippen LogP contribution in [0.4, 0.5) is 0 Å². The zero-order valence-electron chi connectivity index (χ0n) is 5.67. The van der Waals surface area contributed by atoms with E-state index < -0.39 is 12.0 Å². The van der Waals surface area contributed by atoms with Crippen molar-refractivity contribution in [3.63, 3.8) is 0 Å². The number of halogens is 1. The van der Waals surface area contributed by atoms with Gasteiger partial charge in [-0.25, -0.2) is 0 Å². The number of carboxylic acid groups (broad SMARTS) is 1. The van der Waals surface area contributed by atoms with E-state index in [1.54, 1.807) is 0 Å². The second-order valence-electron chi connectivity index (χ2n) is 1.97. The van der Waals surface area contributed by atoms with Crippen molar-refractivity contribution in [2.45, 2.75) is 12.5 Å². The van der Waals surface area contributed by atoms with Crippen molar-refractivity contribution in [2.75, 3.05) is 12.0 Å². The highest BCUT2D eigenvalue weighted by molar-refractivity contribution is 8.17. The van der Waals surface area contributed by atoms with E-state index in [4.69, 9.17) is 16.4 Å². The van der Waals surface area contributed by atoms with Gasteiger partial charge in [0.05, 0.1) is 16.1 Å². The van der Waals surface area contributed by atoms with E-state index in [1.807, 2.05) is 6.26 Å². The Kier molecular flexibility index (Phi) is 4.85. The zero-order valence-corrected chi connectivity index (χ0v) is 7.24. The minimum absolute atomic E-state index is 0.252. The summed E-state index contributed by atoms with van der Waals surface area (Å²) < 4.78 is 0. The van der Waals surface area contributed by atoms with E-state index in [0.717, 1.165) is 0 Å². The lowest BCUT2D eigenvalue weighted by Gasteiger charge is -2.08. The number of carbonyl (C=O) groups is 1. The Hall–Kier alpha value is 0.0700. The predicted octanol–water partition coefficient (Wildman–Crippen LogP) is -1.14. The molecule has 0 aromatic heterocycles. The van der Waals surface area contributed by atoms with Crippen LogP contribution in [0.1, 0.15) is 6.42 Å². The van der Waals surface area contributed by atoms with Crippen molar-refractivity contribution in [1.82, 2.24) is 0 Å². The number of nitrogens with two attached hydrogens (primary N) is 1. The number of aliphatic carboxylic acids is 1. The van der Waals surface area contributed by atoms with Gasteiger partial charge < -0.3 is 15.6 Å². The van der Waals surface area contributed by atoms with Crippen LogP contribution in [0, 0.1) is 0 Å². The lowest BCUT2D eigenvalue weighted by Crippen LogP contribution is -2.42. The molecule has 3 nitrogen and oxygen atoms in total. The van der Waals surface area contributed by atoms with Crippen molar-refractivity contribution in [1.29, 1.82) is 0 Å². The molecule has 0 bridgehead atoms. The maximum Gasteiger partial charge on any atom is 0.175 e. The Morgan fingerprint density at radius 1 is 1.90 bits per heavy atom. The number of hydrogen-bond acceptors (Lipinski definition) is 3. The standard InChI is InChI=1S/C5H10ClNO2S/c1-10(6)3-2-4(7)5(8)9/h4H,2-3,7H2,1H3. The third-order valence-electron chi connectivity index (χ3n) is 1.01. The average Bonchev–Trinajstić information content (AvgIpc) is 1.82. The van der Waals surface area contributed by atoms with E-state index in [2.05, 4.69) is 0 Å². The predicted molar refractivity (Wildman–Crippen MR) is 41.6 cm³/mol. The molecular weight excluding hydrogens is 174 g/mol. The van der Waals surface area contributed by atoms with Crippen molar-refractivity contribution >= 4 is 26.8 Å². The van der Waals surface area contributed by atoms with Crippen LogP contribution in [-0.2, 0) is 14.9 Å². The van der Waals surface area contributed by atoms with Gasteiger partial charge in [-0.2, -0.15) is 0 Å². The van der Waals surface area contributed by atoms with Gasteiger partial charge >= 0.3 is 0 Å². The van der Waals surface area contributed by atoms with Gasteiger partial charge in [-0.05, 0) is 0 Å². The normalized spacial score (nSPS) is 16.3. The van der Waals surface area contributed by atoms with Crippen molar-refractivity contribution in [2.24, 2.45) is 5.73 Å². The van der Waals surface area contributed by atoms with Crippen molar-refractivity contribution in [3.8, 4) is 0 Å². The Morgan fingerprint density at radius 3 is 2.70 bits per heavy atom. The molecule has 0 aromatic carbocycles. The van der Waals surface area contributed by atoms with Crippen LogP contribution in [0.2, 0.25) is 0 Å². The molecule has 10 heavy (non-hydrogen) atoms. The van der Waals surface area contributed by atoms with Gasteiger partial charge in [0.15, 0.2) is 10.7 Å². The third kappa shape index (κ3) is 4.90. The lowest BCUT2D eigenvalue weighted by atomic mass is 10.2. The first-order valence-corrected chi connectivity index (χ1v) is 5.42. The quantitative estimate of drug-likeness (QED) is 0.561. The monoisotopic (exact) mass is 183 g/mol. The Labute approximate surface area is 67.4 Å². The molecule has 0 spiro atoms. The van der Waals surface area contributed by atoms with Crippen LogP contribution in [0.5, 0.6) is 0 Å². The second kappa shape index (κ2) is 4.82. The topological polar surface area (TPSA) is 66.2 Å². The molecule has 5 heteroatoms. The molecule has 0 aliphatic carbocycles. The Bertz CT molecular complexity index is 120. The Balaban J connectivity index is 3.40.